The minimum absolute atomic E-state index is 0.106. The Kier molecular flexibility index (Phi) is 4.96. The molecule has 0 bridgehead atoms. The molecule has 0 unspecified atom stereocenters. The van der Waals surface area contributed by atoms with Gasteiger partial charge in [0.15, 0.2) is 5.58 Å². The first-order valence-electron chi connectivity index (χ1n) is 8.81. The predicted octanol–water partition coefficient (Wildman–Crippen LogP) is 4.38. The number of fused-ring (bicyclic) bond motifs is 1. The minimum Gasteiger partial charge on any atom is -0.436 e. The van der Waals surface area contributed by atoms with Crippen molar-refractivity contribution in [1.29, 1.82) is 0 Å². The lowest BCUT2D eigenvalue weighted by atomic mass is 10.1. The molecule has 1 heterocycles. The quantitative estimate of drug-likeness (QED) is 0.500. The van der Waals surface area contributed by atoms with Gasteiger partial charge in [-0.1, -0.05) is 36.4 Å². The number of nitrogens with zero attached hydrogens (tertiary/aromatic N) is 1. The number of benzene rings is 3. The molecule has 5 heteroatoms. The summed E-state index contributed by atoms with van der Waals surface area (Å²) in [6, 6.07) is 20.1. The van der Waals surface area contributed by atoms with Gasteiger partial charge in [0, 0.05) is 24.2 Å². The first-order valence-corrected chi connectivity index (χ1v) is 8.81. The van der Waals surface area contributed by atoms with Gasteiger partial charge in [0.25, 0.3) is 0 Å². The molecule has 2 N–H and O–H groups in total. The highest BCUT2D eigenvalue weighted by molar-refractivity contribution is 5.82. The summed E-state index contributed by atoms with van der Waals surface area (Å²) in [5, 5.41) is 12.0. The third kappa shape index (κ3) is 3.74. The largest absolute Gasteiger partial charge is 0.436 e. The number of hydrogen-bond donors (Lipinski definition) is 2. The van der Waals surface area contributed by atoms with Gasteiger partial charge in [0.1, 0.15) is 11.3 Å². The Morgan fingerprint density at radius 1 is 0.963 bits per heavy atom. The molecule has 0 radical (unpaired) electrons. The smallest absolute Gasteiger partial charge is 0.227 e. The standard InChI is InChI=1S/C22H19FN2O2/c23-19-7-2-1-6-18(19)16-8-9-20-21(13-16)27-22(25-20)17-5-3-4-15(12-17)14-24-10-11-26/h1-9,12-13,24,26H,10-11,14H2. The number of aliphatic hydroxyl groups is 1. The lowest BCUT2D eigenvalue weighted by Gasteiger charge is -2.04. The third-order valence-electron chi connectivity index (χ3n) is 4.36. The van der Waals surface area contributed by atoms with E-state index in [4.69, 9.17) is 9.52 Å². The van der Waals surface area contributed by atoms with Gasteiger partial charge in [0.05, 0.1) is 6.61 Å². The normalized spacial score (nSPS) is 11.2. The van der Waals surface area contributed by atoms with Gasteiger partial charge in [-0.3, -0.25) is 0 Å². The zero-order chi connectivity index (χ0) is 18.6. The summed E-state index contributed by atoms with van der Waals surface area (Å²) in [7, 11) is 0. The molecule has 0 spiro atoms. The number of hydrogen-bond acceptors (Lipinski definition) is 4. The van der Waals surface area contributed by atoms with Crippen LogP contribution in [0.3, 0.4) is 0 Å². The molecule has 0 fully saturated rings. The van der Waals surface area contributed by atoms with Crippen molar-refractivity contribution in [1.82, 2.24) is 10.3 Å². The van der Waals surface area contributed by atoms with Crippen molar-refractivity contribution < 1.29 is 13.9 Å². The van der Waals surface area contributed by atoms with Crippen LogP contribution in [0.5, 0.6) is 0 Å². The maximum absolute atomic E-state index is 14.0. The van der Waals surface area contributed by atoms with E-state index < -0.39 is 0 Å². The van der Waals surface area contributed by atoms with E-state index in [2.05, 4.69) is 10.3 Å². The predicted molar refractivity (Wildman–Crippen MR) is 104 cm³/mol. The van der Waals surface area contributed by atoms with Crippen LogP contribution in [0, 0.1) is 5.82 Å². The molecule has 0 saturated heterocycles. The van der Waals surface area contributed by atoms with Crippen molar-refractivity contribution in [3.8, 4) is 22.6 Å². The summed E-state index contributed by atoms with van der Waals surface area (Å²) < 4.78 is 20.0. The van der Waals surface area contributed by atoms with Crippen LogP contribution in [0.15, 0.2) is 71.1 Å². The number of aromatic nitrogens is 1. The summed E-state index contributed by atoms with van der Waals surface area (Å²) in [4.78, 5) is 4.56. The first kappa shape index (κ1) is 17.4. The lowest BCUT2D eigenvalue weighted by molar-refractivity contribution is 0.292. The van der Waals surface area contributed by atoms with Gasteiger partial charge in [-0.15, -0.1) is 0 Å². The Balaban J connectivity index is 1.66. The van der Waals surface area contributed by atoms with E-state index in [0.29, 0.717) is 30.1 Å². The summed E-state index contributed by atoms with van der Waals surface area (Å²) in [5.74, 6) is 0.263. The number of rotatable bonds is 6. The molecule has 4 rings (SSSR count). The zero-order valence-corrected chi connectivity index (χ0v) is 14.7. The van der Waals surface area contributed by atoms with E-state index in [9.17, 15) is 4.39 Å². The Labute approximate surface area is 156 Å². The average Bonchev–Trinajstić information content (AvgIpc) is 3.12. The molecule has 0 aliphatic heterocycles. The van der Waals surface area contributed by atoms with Crippen molar-refractivity contribution >= 4 is 11.1 Å². The van der Waals surface area contributed by atoms with Crippen LogP contribution in [0.4, 0.5) is 4.39 Å². The van der Waals surface area contributed by atoms with Gasteiger partial charge in [-0.05, 0) is 41.5 Å². The Morgan fingerprint density at radius 3 is 2.70 bits per heavy atom. The van der Waals surface area contributed by atoms with Gasteiger partial charge in [0.2, 0.25) is 5.89 Å². The molecule has 136 valence electrons. The number of nitrogens with one attached hydrogen (secondary N) is 1. The van der Waals surface area contributed by atoms with Crippen molar-refractivity contribution in [3.63, 3.8) is 0 Å². The Morgan fingerprint density at radius 2 is 1.85 bits per heavy atom. The van der Waals surface area contributed by atoms with Crippen molar-refractivity contribution in [2.75, 3.05) is 13.2 Å². The topological polar surface area (TPSA) is 58.3 Å². The van der Waals surface area contributed by atoms with Gasteiger partial charge >= 0.3 is 0 Å². The van der Waals surface area contributed by atoms with Gasteiger partial charge < -0.3 is 14.8 Å². The van der Waals surface area contributed by atoms with E-state index in [-0.39, 0.29) is 12.4 Å². The molecular formula is C22H19FN2O2. The fraction of sp³-hybridized carbons (Fsp3) is 0.136. The molecule has 0 saturated carbocycles. The van der Waals surface area contributed by atoms with Crippen LogP contribution < -0.4 is 5.32 Å². The molecule has 0 amide bonds. The second-order valence-corrected chi connectivity index (χ2v) is 6.28. The monoisotopic (exact) mass is 362 g/mol. The van der Waals surface area contributed by atoms with Crippen molar-refractivity contribution in [3.05, 3.63) is 78.1 Å². The summed E-state index contributed by atoms with van der Waals surface area (Å²) in [5.41, 5.74) is 4.60. The molecule has 1 aromatic heterocycles. The molecule has 0 atom stereocenters. The average molecular weight is 362 g/mol. The lowest BCUT2D eigenvalue weighted by Crippen LogP contribution is -2.17. The van der Waals surface area contributed by atoms with Crippen molar-refractivity contribution in [2.45, 2.75) is 6.54 Å². The van der Waals surface area contributed by atoms with E-state index in [0.717, 1.165) is 22.2 Å². The number of halogens is 1. The molecule has 27 heavy (non-hydrogen) atoms. The second kappa shape index (κ2) is 7.70. The maximum atomic E-state index is 14.0. The summed E-state index contributed by atoms with van der Waals surface area (Å²) in [6.45, 7) is 1.31. The first-order chi connectivity index (χ1) is 13.2. The highest BCUT2D eigenvalue weighted by Gasteiger charge is 2.11. The SMILES string of the molecule is OCCNCc1cccc(-c2nc3ccc(-c4ccccc4F)cc3o2)c1. The fourth-order valence-corrected chi connectivity index (χ4v) is 3.04. The second-order valence-electron chi connectivity index (χ2n) is 6.28. The van der Waals surface area contributed by atoms with Crippen LogP contribution in [-0.2, 0) is 6.54 Å². The van der Waals surface area contributed by atoms with E-state index in [1.165, 1.54) is 6.07 Å². The highest BCUT2D eigenvalue weighted by atomic mass is 19.1. The van der Waals surface area contributed by atoms with Crippen LogP contribution in [0.25, 0.3) is 33.7 Å². The molecular weight excluding hydrogens is 343 g/mol. The molecule has 4 nitrogen and oxygen atoms in total. The van der Waals surface area contributed by atoms with E-state index in [1.807, 2.05) is 48.5 Å². The molecule has 0 aliphatic carbocycles. The van der Waals surface area contributed by atoms with Crippen LogP contribution in [0.1, 0.15) is 5.56 Å². The number of aliphatic hydroxyl groups excluding tert-OH is 1. The summed E-state index contributed by atoms with van der Waals surface area (Å²) >= 11 is 0. The van der Waals surface area contributed by atoms with Crippen LogP contribution in [0.2, 0.25) is 0 Å². The Hall–Kier alpha value is -3.02. The molecule has 3 aromatic carbocycles. The summed E-state index contributed by atoms with van der Waals surface area (Å²) in [6.07, 6.45) is 0. The van der Waals surface area contributed by atoms with Crippen LogP contribution >= 0.6 is 0 Å². The van der Waals surface area contributed by atoms with E-state index >= 15 is 0 Å². The third-order valence-corrected chi connectivity index (χ3v) is 4.36. The minimum atomic E-state index is -0.264. The Bertz CT molecular complexity index is 1070. The van der Waals surface area contributed by atoms with Gasteiger partial charge in [-0.2, -0.15) is 0 Å². The van der Waals surface area contributed by atoms with Gasteiger partial charge in [-0.25, -0.2) is 9.37 Å². The van der Waals surface area contributed by atoms with E-state index in [1.54, 1.807) is 12.1 Å². The molecule has 4 aromatic rings. The fourth-order valence-electron chi connectivity index (χ4n) is 3.04. The number of oxazole rings is 1. The molecule has 0 aliphatic rings. The highest BCUT2D eigenvalue weighted by Crippen LogP contribution is 2.30. The zero-order valence-electron chi connectivity index (χ0n) is 14.7. The van der Waals surface area contributed by atoms with Crippen molar-refractivity contribution in [2.24, 2.45) is 0 Å². The maximum Gasteiger partial charge on any atom is 0.227 e. The van der Waals surface area contributed by atoms with Crippen LogP contribution in [-0.4, -0.2) is 23.2 Å².